The number of carboxylic acids is 1. The molecule has 0 saturated carbocycles. The molecular formula is C17H23NO4. The molecule has 5 nitrogen and oxygen atoms in total. The molecule has 1 heterocycles. The van der Waals surface area contributed by atoms with Crippen molar-refractivity contribution in [3.05, 3.63) is 23.8 Å². The highest BCUT2D eigenvalue weighted by atomic mass is 16.5. The van der Waals surface area contributed by atoms with E-state index in [0.29, 0.717) is 11.4 Å². The van der Waals surface area contributed by atoms with Gasteiger partial charge in [0.05, 0.1) is 5.69 Å². The lowest BCUT2D eigenvalue weighted by Crippen LogP contribution is -2.50. The summed E-state index contributed by atoms with van der Waals surface area (Å²) in [6, 6.07) is 5.64. The van der Waals surface area contributed by atoms with Crippen LogP contribution in [-0.2, 0) is 15.0 Å². The van der Waals surface area contributed by atoms with Gasteiger partial charge in [0, 0.05) is 0 Å². The fourth-order valence-electron chi connectivity index (χ4n) is 2.47. The minimum atomic E-state index is -1.04. The molecule has 0 aromatic heterocycles. The number of carbonyl (C=O) groups is 2. The summed E-state index contributed by atoms with van der Waals surface area (Å²) in [5.74, 6) is -0.799. The standard InChI is InChI=1S/C17H23NO4/c1-10(2)15-16(21)18(9-14(19)20)12-8-11(17(3,4)5)6-7-13(12)22-15/h6-8,10,15H,9H2,1-5H3,(H,19,20). The van der Waals surface area contributed by atoms with Crippen molar-refractivity contribution in [2.45, 2.75) is 46.1 Å². The van der Waals surface area contributed by atoms with E-state index in [2.05, 4.69) is 20.8 Å². The molecule has 1 unspecified atom stereocenters. The Balaban J connectivity index is 2.52. The number of nitrogens with zero attached hydrogens (tertiary/aromatic N) is 1. The van der Waals surface area contributed by atoms with Gasteiger partial charge < -0.3 is 9.84 Å². The Labute approximate surface area is 130 Å². The molecule has 1 N–H and O–H groups in total. The van der Waals surface area contributed by atoms with Gasteiger partial charge in [0.2, 0.25) is 0 Å². The first-order chi connectivity index (χ1) is 10.1. The highest BCUT2D eigenvalue weighted by Crippen LogP contribution is 2.38. The maximum atomic E-state index is 12.6. The van der Waals surface area contributed by atoms with E-state index in [9.17, 15) is 9.59 Å². The summed E-state index contributed by atoms with van der Waals surface area (Å²) in [6.07, 6.45) is -0.646. The quantitative estimate of drug-likeness (QED) is 0.932. The molecule has 1 aromatic carbocycles. The number of anilines is 1. The Hall–Kier alpha value is -2.04. The number of amides is 1. The minimum Gasteiger partial charge on any atom is -0.480 e. The second kappa shape index (κ2) is 5.63. The predicted octanol–water partition coefficient (Wildman–Crippen LogP) is 2.82. The third-order valence-electron chi connectivity index (χ3n) is 3.78. The van der Waals surface area contributed by atoms with E-state index in [1.54, 1.807) is 0 Å². The van der Waals surface area contributed by atoms with Gasteiger partial charge in [0.15, 0.2) is 6.10 Å². The van der Waals surface area contributed by atoms with Crippen molar-refractivity contribution < 1.29 is 19.4 Å². The zero-order valence-corrected chi connectivity index (χ0v) is 13.7. The average Bonchev–Trinajstić information content (AvgIpc) is 2.39. The number of ether oxygens (including phenoxy) is 1. The Bertz CT molecular complexity index is 601. The smallest absolute Gasteiger partial charge is 0.323 e. The van der Waals surface area contributed by atoms with Gasteiger partial charge in [0.25, 0.3) is 5.91 Å². The van der Waals surface area contributed by atoms with Crippen LogP contribution in [0.15, 0.2) is 18.2 Å². The largest absolute Gasteiger partial charge is 0.480 e. The Morgan fingerprint density at radius 1 is 1.36 bits per heavy atom. The van der Waals surface area contributed by atoms with Crippen LogP contribution in [0.1, 0.15) is 40.2 Å². The molecule has 1 amide bonds. The normalized spacial score (nSPS) is 18.2. The number of carbonyl (C=O) groups excluding carboxylic acids is 1. The van der Waals surface area contributed by atoms with Gasteiger partial charge in [-0.05, 0) is 29.0 Å². The molecule has 1 aromatic rings. The van der Waals surface area contributed by atoms with Crippen molar-refractivity contribution in [3.8, 4) is 5.75 Å². The fraction of sp³-hybridized carbons (Fsp3) is 0.529. The summed E-state index contributed by atoms with van der Waals surface area (Å²) >= 11 is 0. The molecule has 1 aliphatic rings. The average molecular weight is 305 g/mol. The van der Waals surface area contributed by atoms with Gasteiger partial charge in [-0.3, -0.25) is 14.5 Å². The molecule has 120 valence electrons. The molecular weight excluding hydrogens is 282 g/mol. The first-order valence-electron chi connectivity index (χ1n) is 7.45. The zero-order chi connectivity index (χ0) is 16.7. The van der Waals surface area contributed by atoms with E-state index in [1.165, 1.54) is 4.90 Å². The van der Waals surface area contributed by atoms with E-state index >= 15 is 0 Å². The van der Waals surface area contributed by atoms with Crippen LogP contribution in [0.5, 0.6) is 5.75 Å². The van der Waals surface area contributed by atoms with Gasteiger partial charge >= 0.3 is 5.97 Å². The lowest BCUT2D eigenvalue weighted by Gasteiger charge is -2.36. The minimum absolute atomic E-state index is 0.0285. The lowest BCUT2D eigenvalue weighted by molar-refractivity contribution is -0.138. The molecule has 0 fully saturated rings. The van der Waals surface area contributed by atoms with Gasteiger partial charge in [-0.2, -0.15) is 0 Å². The van der Waals surface area contributed by atoms with Crippen molar-refractivity contribution in [1.29, 1.82) is 0 Å². The molecule has 0 radical (unpaired) electrons. The number of carboxylic acid groups (broad SMARTS) is 1. The Morgan fingerprint density at radius 2 is 2.00 bits per heavy atom. The monoisotopic (exact) mass is 305 g/mol. The fourth-order valence-corrected chi connectivity index (χ4v) is 2.47. The third-order valence-corrected chi connectivity index (χ3v) is 3.78. The van der Waals surface area contributed by atoms with Gasteiger partial charge in [0.1, 0.15) is 12.3 Å². The zero-order valence-electron chi connectivity index (χ0n) is 13.7. The van der Waals surface area contributed by atoms with Crippen LogP contribution in [-0.4, -0.2) is 29.6 Å². The molecule has 22 heavy (non-hydrogen) atoms. The summed E-state index contributed by atoms with van der Waals surface area (Å²) in [5.41, 5.74) is 1.47. The maximum Gasteiger partial charge on any atom is 0.323 e. The predicted molar refractivity (Wildman–Crippen MR) is 84.4 cm³/mol. The van der Waals surface area contributed by atoms with E-state index in [0.717, 1.165) is 5.56 Å². The summed E-state index contributed by atoms with van der Waals surface area (Å²) in [7, 11) is 0. The highest BCUT2D eigenvalue weighted by Gasteiger charge is 2.37. The Kier molecular flexibility index (Phi) is 4.18. The molecule has 0 aliphatic carbocycles. The summed E-state index contributed by atoms with van der Waals surface area (Å²) in [5, 5.41) is 9.13. The van der Waals surface area contributed by atoms with E-state index in [-0.39, 0.29) is 23.8 Å². The molecule has 0 saturated heterocycles. The summed E-state index contributed by atoms with van der Waals surface area (Å²) < 4.78 is 5.80. The summed E-state index contributed by atoms with van der Waals surface area (Å²) in [6.45, 7) is 9.62. The second-order valence-corrected chi connectivity index (χ2v) is 7.03. The first kappa shape index (κ1) is 16.3. The molecule has 2 rings (SSSR count). The van der Waals surface area contributed by atoms with Crippen LogP contribution in [0.3, 0.4) is 0 Å². The van der Waals surface area contributed by atoms with Crippen LogP contribution in [0.25, 0.3) is 0 Å². The van der Waals surface area contributed by atoms with Gasteiger partial charge in [-0.25, -0.2) is 0 Å². The SMILES string of the molecule is CC(C)C1Oc2ccc(C(C)(C)C)cc2N(CC(=O)O)C1=O. The van der Waals surface area contributed by atoms with Crippen molar-refractivity contribution in [2.24, 2.45) is 5.92 Å². The van der Waals surface area contributed by atoms with Gasteiger partial charge in [-0.15, -0.1) is 0 Å². The van der Waals surface area contributed by atoms with E-state index < -0.39 is 12.1 Å². The number of rotatable bonds is 3. The van der Waals surface area contributed by atoms with Crippen molar-refractivity contribution in [3.63, 3.8) is 0 Å². The number of hydrogen-bond donors (Lipinski definition) is 1. The van der Waals surface area contributed by atoms with Crippen LogP contribution in [0.4, 0.5) is 5.69 Å². The third kappa shape index (κ3) is 3.08. The second-order valence-electron chi connectivity index (χ2n) is 7.03. The Morgan fingerprint density at radius 3 is 2.50 bits per heavy atom. The number of aliphatic carboxylic acids is 1. The highest BCUT2D eigenvalue weighted by molar-refractivity contribution is 6.03. The van der Waals surface area contributed by atoms with E-state index in [1.807, 2.05) is 32.0 Å². The van der Waals surface area contributed by atoms with Crippen LogP contribution in [0.2, 0.25) is 0 Å². The van der Waals surface area contributed by atoms with Crippen molar-refractivity contribution >= 4 is 17.6 Å². The van der Waals surface area contributed by atoms with Crippen molar-refractivity contribution in [1.82, 2.24) is 0 Å². The van der Waals surface area contributed by atoms with Crippen LogP contribution in [0, 0.1) is 5.92 Å². The number of hydrogen-bond acceptors (Lipinski definition) is 3. The van der Waals surface area contributed by atoms with Crippen LogP contribution < -0.4 is 9.64 Å². The first-order valence-corrected chi connectivity index (χ1v) is 7.45. The number of fused-ring (bicyclic) bond motifs is 1. The molecule has 5 heteroatoms. The van der Waals surface area contributed by atoms with Crippen LogP contribution >= 0.6 is 0 Å². The van der Waals surface area contributed by atoms with Crippen molar-refractivity contribution in [2.75, 3.05) is 11.4 Å². The number of benzene rings is 1. The summed E-state index contributed by atoms with van der Waals surface area (Å²) in [4.78, 5) is 25.0. The molecule has 1 aliphatic heterocycles. The molecule has 1 atom stereocenters. The molecule has 0 bridgehead atoms. The topological polar surface area (TPSA) is 66.8 Å². The van der Waals surface area contributed by atoms with Gasteiger partial charge in [-0.1, -0.05) is 40.7 Å². The maximum absolute atomic E-state index is 12.6. The molecule has 0 spiro atoms. The van der Waals surface area contributed by atoms with E-state index in [4.69, 9.17) is 9.84 Å². The lowest BCUT2D eigenvalue weighted by atomic mass is 9.86.